The Kier molecular flexibility index (Phi) is 6.19. The molecule has 1 N–H and O–H groups in total. The Morgan fingerprint density at radius 2 is 1.79 bits per heavy atom. The molecule has 1 fully saturated rings. The van der Waals surface area contributed by atoms with Gasteiger partial charge in [-0.2, -0.15) is 0 Å². The molecular formula is C22H26N2O4. The summed E-state index contributed by atoms with van der Waals surface area (Å²) in [5, 5.41) is 2.61. The zero-order chi connectivity index (χ0) is 20.1. The van der Waals surface area contributed by atoms with Gasteiger partial charge in [0.1, 0.15) is 11.5 Å². The molecule has 3 rings (SSSR count). The number of ether oxygens (including phenoxy) is 2. The van der Waals surface area contributed by atoms with E-state index in [2.05, 4.69) is 5.32 Å². The van der Waals surface area contributed by atoms with Crippen LogP contribution in [0.5, 0.6) is 11.5 Å². The van der Waals surface area contributed by atoms with Crippen LogP contribution >= 0.6 is 0 Å². The van der Waals surface area contributed by atoms with E-state index >= 15 is 0 Å². The number of hydrogen-bond acceptors (Lipinski definition) is 4. The first-order valence-corrected chi connectivity index (χ1v) is 9.37. The fraction of sp³-hybridized carbons (Fsp3) is 0.364. The van der Waals surface area contributed by atoms with Gasteiger partial charge in [0.2, 0.25) is 5.91 Å². The van der Waals surface area contributed by atoms with Crippen LogP contribution in [0, 0.1) is 0 Å². The quantitative estimate of drug-likeness (QED) is 0.762. The maximum absolute atomic E-state index is 13.0. The summed E-state index contributed by atoms with van der Waals surface area (Å²) in [7, 11) is 4.80. The van der Waals surface area contributed by atoms with Gasteiger partial charge < -0.3 is 19.7 Å². The van der Waals surface area contributed by atoms with Crippen LogP contribution in [0.4, 0.5) is 0 Å². The summed E-state index contributed by atoms with van der Waals surface area (Å²) in [6.07, 6.45) is 2.34. The Labute approximate surface area is 165 Å². The number of carbonyl (C=O) groups is 2. The molecular weight excluding hydrogens is 356 g/mol. The molecule has 2 amide bonds. The lowest BCUT2D eigenvalue weighted by Crippen LogP contribution is -2.34. The number of nitrogens with one attached hydrogen (secondary N) is 1. The van der Waals surface area contributed by atoms with Gasteiger partial charge in [0, 0.05) is 36.8 Å². The monoisotopic (exact) mass is 382 g/mol. The molecule has 1 aliphatic rings. The standard InChI is InChI=1S/C22H26N2O4/c1-23-22(26)16-6-4-15(5-7-16)14-24(18-9-10-18)21(25)12-17-8-11-19(27-2)13-20(17)28-3/h4-8,11,13,18H,9-10,12,14H2,1-3H3,(H,23,26). The van der Waals surface area contributed by atoms with Gasteiger partial charge in [0.15, 0.2) is 0 Å². The summed E-state index contributed by atoms with van der Waals surface area (Å²) in [4.78, 5) is 26.6. The van der Waals surface area contributed by atoms with Crippen molar-refractivity contribution < 1.29 is 19.1 Å². The van der Waals surface area contributed by atoms with Crippen molar-refractivity contribution in [3.63, 3.8) is 0 Å². The van der Waals surface area contributed by atoms with Crippen LogP contribution in [-0.4, -0.2) is 44.0 Å². The van der Waals surface area contributed by atoms with E-state index < -0.39 is 0 Å². The molecule has 0 radical (unpaired) electrons. The lowest BCUT2D eigenvalue weighted by Gasteiger charge is -2.23. The molecule has 0 aliphatic heterocycles. The number of amides is 2. The predicted octanol–water partition coefficient (Wildman–Crippen LogP) is 2.80. The number of hydrogen-bond donors (Lipinski definition) is 1. The molecule has 0 atom stereocenters. The van der Waals surface area contributed by atoms with E-state index in [4.69, 9.17) is 9.47 Å². The second-order valence-corrected chi connectivity index (χ2v) is 6.88. The molecule has 0 spiro atoms. The van der Waals surface area contributed by atoms with Crippen molar-refractivity contribution in [2.24, 2.45) is 0 Å². The van der Waals surface area contributed by atoms with E-state index in [-0.39, 0.29) is 24.3 Å². The Bertz CT molecular complexity index is 844. The van der Waals surface area contributed by atoms with Crippen molar-refractivity contribution >= 4 is 11.8 Å². The van der Waals surface area contributed by atoms with E-state index in [9.17, 15) is 9.59 Å². The molecule has 1 saturated carbocycles. The van der Waals surface area contributed by atoms with E-state index in [1.165, 1.54) is 0 Å². The van der Waals surface area contributed by atoms with Crippen LogP contribution in [-0.2, 0) is 17.8 Å². The lowest BCUT2D eigenvalue weighted by molar-refractivity contribution is -0.131. The van der Waals surface area contributed by atoms with Crippen LogP contribution in [0.3, 0.4) is 0 Å². The summed E-state index contributed by atoms with van der Waals surface area (Å²) < 4.78 is 10.6. The number of nitrogens with zero attached hydrogens (tertiary/aromatic N) is 1. The molecule has 0 aromatic heterocycles. The largest absolute Gasteiger partial charge is 0.497 e. The molecule has 1 aliphatic carbocycles. The maximum Gasteiger partial charge on any atom is 0.251 e. The highest BCUT2D eigenvalue weighted by molar-refractivity contribution is 5.93. The zero-order valence-corrected chi connectivity index (χ0v) is 16.5. The van der Waals surface area contributed by atoms with Crippen LogP contribution in [0.1, 0.15) is 34.3 Å². The van der Waals surface area contributed by atoms with Crippen LogP contribution < -0.4 is 14.8 Å². The second kappa shape index (κ2) is 8.78. The smallest absolute Gasteiger partial charge is 0.251 e. The summed E-state index contributed by atoms with van der Waals surface area (Å²) in [6, 6.07) is 13.2. The third-order valence-electron chi connectivity index (χ3n) is 4.94. The van der Waals surface area contributed by atoms with E-state index in [0.29, 0.717) is 23.6 Å². The Hall–Kier alpha value is -3.02. The van der Waals surface area contributed by atoms with Crippen LogP contribution in [0.15, 0.2) is 42.5 Å². The SMILES string of the molecule is CNC(=O)c1ccc(CN(C(=O)Cc2ccc(OC)cc2OC)C2CC2)cc1. The molecule has 6 nitrogen and oxygen atoms in total. The number of methoxy groups -OCH3 is 2. The van der Waals surface area contributed by atoms with Crippen molar-refractivity contribution in [1.29, 1.82) is 0 Å². The summed E-state index contributed by atoms with van der Waals surface area (Å²) in [5.41, 5.74) is 2.46. The van der Waals surface area contributed by atoms with E-state index in [1.54, 1.807) is 39.5 Å². The maximum atomic E-state index is 13.0. The van der Waals surface area contributed by atoms with Crippen molar-refractivity contribution in [1.82, 2.24) is 10.2 Å². The highest BCUT2D eigenvalue weighted by Crippen LogP contribution is 2.31. The Morgan fingerprint density at radius 1 is 1.07 bits per heavy atom. The van der Waals surface area contributed by atoms with Crippen molar-refractivity contribution in [3.05, 3.63) is 59.2 Å². The lowest BCUT2D eigenvalue weighted by atomic mass is 10.1. The van der Waals surface area contributed by atoms with Gasteiger partial charge in [-0.05, 0) is 36.6 Å². The predicted molar refractivity (Wildman–Crippen MR) is 107 cm³/mol. The second-order valence-electron chi connectivity index (χ2n) is 6.88. The van der Waals surface area contributed by atoms with Gasteiger partial charge in [-0.1, -0.05) is 18.2 Å². The van der Waals surface area contributed by atoms with Gasteiger partial charge in [0.25, 0.3) is 5.91 Å². The summed E-state index contributed by atoms with van der Waals surface area (Å²) >= 11 is 0. The minimum Gasteiger partial charge on any atom is -0.497 e. The van der Waals surface area contributed by atoms with Gasteiger partial charge in [-0.3, -0.25) is 9.59 Å². The van der Waals surface area contributed by atoms with Crippen molar-refractivity contribution in [3.8, 4) is 11.5 Å². The number of rotatable bonds is 8. The van der Waals surface area contributed by atoms with Gasteiger partial charge in [0.05, 0.1) is 20.6 Å². The molecule has 0 unspecified atom stereocenters. The number of carbonyl (C=O) groups excluding carboxylic acids is 2. The summed E-state index contributed by atoms with van der Waals surface area (Å²) in [6.45, 7) is 0.538. The highest BCUT2D eigenvalue weighted by Gasteiger charge is 2.32. The molecule has 0 saturated heterocycles. The molecule has 148 valence electrons. The summed E-state index contributed by atoms with van der Waals surface area (Å²) in [5.74, 6) is 1.30. The van der Waals surface area contributed by atoms with Gasteiger partial charge in [-0.25, -0.2) is 0 Å². The minimum absolute atomic E-state index is 0.0707. The average Bonchev–Trinajstić information content (AvgIpc) is 3.57. The molecule has 28 heavy (non-hydrogen) atoms. The normalized spacial score (nSPS) is 13.0. The zero-order valence-electron chi connectivity index (χ0n) is 16.5. The Balaban J connectivity index is 1.72. The van der Waals surface area contributed by atoms with Crippen molar-refractivity contribution in [2.75, 3.05) is 21.3 Å². The first-order chi connectivity index (χ1) is 13.5. The molecule has 0 bridgehead atoms. The molecule has 6 heteroatoms. The van der Waals surface area contributed by atoms with E-state index in [1.807, 2.05) is 29.2 Å². The minimum atomic E-state index is -0.117. The fourth-order valence-electron chi connectivity index (χ4n) is 3.17. The van der Waals surface area contributed by atoms with Crippen LogP contribution in [0.25, 0.3) is 0 Å². The van der Waals surface area contributed by atoms with Crippen LogP contribution in [0.2, 0.25) is 0 Å². The third kappa shape index (κ3) is 4.63. The Morgan fingerprint density at radius 3 is 2.36 bits per heavy atom. The first-order valence-electron chi connectivity index (χ1n) is 9.37. The molecule has 0 heterocycles. The number of benzene rings is 2. The van der Waals surface area contributed by atoms with E-state index in [0.717, 1.165) is 24.0 Å². The van der Waals surface area contributed by atoms with Gasteiger partial charge in [-0.15, -0.1) is 0 Å². The third-order valence-corrected chi connectivity index (χ3v) is 4.94. The highest BCUT2D eigenvalue weighted by atomic mass is 16.5. The topological polar surface area (TPSA) is 67.9 Å². The van der Waals surface area contributed by atoms with Crippen molar-refractivity contribution in [2.45, 2.75) is 31.8 Å². The average molecular weight is 382 g/mol. The molecule has 2 aromatic carbocycles. The van der Waals surface area contributed by atoms with Gasteiger partial charge >= 0.3 is 0 Å². The molecule has 2 aromatic rings. The first kappa shape index (κ1) is 19.7. The fourth-order valence-corrected chi connectivity index (χ4v) is 3.17.